The fourth-order valence-corrected chi connectivity index (χ4v) is 7.29. The summed E-state index contributed by atoms with van der Waals surface area (Å²) in [6.45, 7) is 6.76. The third-order valence-corrected chi connectivity index (χ3v) is 9.19. The molecule has 3 N–H and O–H groups in total. The topological polar surface area (TPSA) is 77.8 Å². The van der Waals surface area contributed by atoms with Gasteiger partial charge >= 0.3 is 5.97 Å². The quantitative estimate of drug-likeness (QED) is 0.670. The van der Waals surface area contributed by atoms with Crippen LogP contribution in [0.25, 0.3) is 0 Å². The van der Waals surface area contributed by atoms with Gasteiger partial charge in [0.05, 0.1) is 12.2 Å². The molecular weight excluding hydrogens is 352 g/mol. The molecule has 0 bridgehead atoms. The van der Waals surface area contributed by atoms with Gasteiger partial charge in [0.2, 0.25) is 0 Å². The van der Waals surface area contributed by atoms with E-state index < -0.39 is 5.97 Å². The number of aliphatic hydroxyl groups is 2. The van der Waals surface area contributed by atoms with Crippen LogP contribution in [0.1, 0.15) is 72.1 Å². The van der Waals surface area contributed by atoms with E-state index in [0.29, 0.717) is 24.2 Å². The molecule has 2 saturated carbocycles. The third-order valence-electron chi connectivity index (χ3n) is 9.19. The summed E-state index contributed by atoms with van der Waals surface area (Å²) in [6, 6.07) is 0. The normalized spacial score (nSPS) is 46.0. The monoisotopic (exact) mass is 388 g/mol. The largest absolute Gasteiger partial charge is 0.481 e. The van der Waals surface area contributed by atoms with Crippen molar-refractivity contribution in [2.24, 2.45) is 34.5 Å². The third kappa shape index (κ3) is 2.90. The summed E-state index contributed by atoms with van der Waals surface area (Å²) >= 11 is 0. The molecular formula is C24H36O4. The van der Waals surface area contributed by atoms with Crippen LogP contribution >= 0.6 is 0 Å². The van der Waals surface area contributed by atoms with Crippen molar-refractivity contribution in [3.05, 3.63) is 23.3 Å². The second kappa shape index (κ2) is 6.98. The highest BCUT2D eigenvalue weighted by Crippen LogP contribution is 2.65. The second-order valence-electron chi connectivity index (χ2n) is 10.5. The zero-order valence-corrected chi connectivity index (χ0v) is 17.5. The molecule has 4 aliphatic rings. The molecule has 0 aliphatic heterocycles. The average Bonchev–Trinajstić information content (AvgIpc) is 3.00. The summed E-state index contributed by atoms with van der Waals surface area (Å²) in [5, 5.41) is 30.6. The molecule has 0 spiro atoms. The van der Waals surface area contributed by atoms with Crippen molar-refractivity contribution in [3.63, 3.8) is 0 Å². The van der Waals surface area contributed by atoms with Crippen LogP contribution in [0, 0.1) is 34.5 Å². The molecule has 8 atom stereocenters. The Morgan fingerprint density at radius 1 is 1.21 bits per heavy atom. The molecule has 0 aromatic rings. The van der Waals surface area contributed by atoms with E-state index in [1.54, 1.807) is 0 Å². The van der Waals surface area contributed by atoms with Crippen molar-refractivity contribution in [2.45, 2.75) is 84.3 Å². The first kappa shape index (κ1) is 20.2. The van der Waals surface area contributed by atoms with Gasteiger partial charge in [0.25, 0.3) is 0 Å². The van der Waals surface area contributed by atoms with E-state index in [1.165, 1.54) is 11.1 Å². The molecule has 4 nitrogen and oxygen atoms in total. The van der Waals surface area contributed by atoms with Gasteiger partial charge < -0.3 is 15.3 Å². The maximum absolute atomic E-state index is 11.4. The highest BCUT2D eigenvalue weighted by Gasteiger charge is 2.58. The van der Waals surface area contributed by atoms with Crippen molar-refractivity contribution in [2.75, 3.05) is 0 Å². The molecule has 4 rings (SSSR count). The van der Waals surface area contributed by atoms with E-state index in [-0.39, 0.29) is 35.4 Å². The Hall–Kier alpha value is -1.13. The predicted molar refractivity (Wildman–Crippen MR) is 109 cm³/mol. The number of aliphatic carboxylic acids is 1. The second-order valence-corrected chi connectivity index (χ2v) is 10.5. The van der Waals surface area contributed by atoms with E-state index >= 15 is 0 Å². The van der Waals surface area contributed by atoms with Gasteiger partial charge in [0, 0.05) is 11.8 Å². The van der Waals surface area contributed by atoms with Crippen molar-refractivity contribution in [1.29, 1.82) is 0 Å². The Morgan fingerprint density at radius 2 is 1.96 bits per heavy atom. The summed E-state index contributed by atoms with van der Waals surface area (Å²) in [4.78, 5) is 11.0. The maximum atomic E-state index is 11.4. The smallest absolute Gasteiger partial charge is 0.303 e. The molecule has 0 heterocycles. The molecule has 28 heavy (non-hydrogen) atoms. The van der Waals surface area contributed by atoms with E-state index in [4.69, 9.17) is 5.11 Å². The van der Waals surface area contributed by atoms with Gasteiger partial charge in [-0.15, -0.1) is 0 Å². The van der Waals surface area contributed by atoms with E-state index in [0.717, 1.165) is 38.5 Å². The lowest BCUT2D eigenvalue weighted by Crippen LogP contribution is -2.53. The molecule has 4 heteroatoms. The van der Waals surface area contributed by atoms with Crippen LogP contribution in [0.15, 0.2) is 23.3 Å². The van der Waals surface area contributed by atoms with Crippen LogP contribution < -0.4 is 0 Å². The van der Waals surface area contributed by atoms with Crippen LogP contribution in [0.4, 0.5) is 0 Å². The highest BCUT2D eigenvalue weighted by atomic mass is 16.4. The summed E-state index contributed by atoms with van der Waals surface area (Å²) < 4.78 is 0. The maximum Gasteiger partial charge on any atom is 0.303 e. The first-order chi connectivity index (χ1) is 13.2. The first-order valence-electron chi connectivity index (χ1n) is 11.2. The minimum atomic E-state index is -0.735. The molecule has 0 saturated heterocycles. The zero-order valence-electron chi connectivity index (χ0n) is 17.5. The van der Waals surface area contributed by atoms with E-state index in [9.17, 15) is 15.0 Å². The Balaban J connectivity index is 1.62. The lowest BCUT2D eigenvalue weighted by atomic mass is 9.48. The van der Waals surface area contributed by atoms with E-state index in [1.807, 2.05) is 0 Å². The molecule has 4 aliphatic carbocycles. The number of hydrogen-bond acceptors (Lipinski definition) is 3. The number of carboxylic acid groups (broad SMARTS) is 1. The summed E-state index contributed by atoms with van der Waals surface area (Å²) in [5.74, 6) is 0.728. The minimum Gasteiger partial charge on any atom is -0.481 e. The number of hydrogen-bond donors (Lipinski definition) is 3. The van der Waals surface area contributed by atoms with Gasteiger partial charge in [-0.05, 0) is 85.2 Å². The number of carbonyl (C=O) groups is 1. The molecule has 0 radical (unpaired) electrons. The number of rotatable bonds is 4. The van der Waals surface area contributed by atoms with Gasteiger partial charge in [-0.25, -0.2) is 0 Å². The minimum absolute atomic E-state index is 0.166. The molecule has 0 unspecified atom stereocenters. The van der Waals surface area contributed by atoms with E-state index in [2.05, 4.69) is 32.9 Å². The van der Waals surface area contributed by atoms with Gasteiger partial charge in [0.1, 0.15) is 0 Å². The lowest BCUT2D eigenvalue weighted by Gasteiger charge is -2.57. The predicted octanol–water partition coefficient (Wildman–Crippen LogP) is 4.32. The Morgan fingerprint density at radius 3 is 2.68 bits per heavy atom. The van der Waals surface area contributed by atoms with Crippen molar-refractivity contribution >= 4 is 5.97 Å². The van der Waals surface area contributed by atoms with Crippen molar-refractivity contribution in [3.8, 4) is 0 Å². The van der Waals surface area contributed by atoms with Gasteiger partial charge in [-0.3, -0.25) is 4.79 Å². The van der Waals surface area contributed by atoms with Gasteiger partial charge in [-0.2, -0.15) is 0 Å². The molecule has 156 valence electrons. The number of aliphatic hydroxyl groups excluding tert-OH is 2. The highest BCUT2D eigenvalue weighted by molar-refractivity contribution is 5.66. The Kier molecular flexibility index (Phi) is 5.03. The Labute approximate surface area is 168 Å². The van der Waals surface area contributed by atoms with Gasteiger partial charge in [0.15, 0.2) is 0 Å². The fraction of sp³-hybridized carbons (Fsp3) is 0.792. The first-order valence-corrected chi connectivity index (χ1v) is 11.2. The van der Waals surface area contributed by atoms with Crippen molar-refractivity contribution < 1.29 is 20.1 Å². The van der Waals surface area contributed by atoms with Gasteiger partial charge in [-0.1, -0.05) is 32.9 Å². The van der Waals surface area contributed by atoms with Crippen molar-refractivity contribution in [1.82, 2.24) is 0 Å². The zero-order chi connectivity index (χ0) is 20.3. The summed E-state index contributed by atoms with van der Waals surface area (Å²) in [6.07, 6.45) is 10.6. The summed E-state index contributed by atoms with van der Waals surface area (Å²) in [7, 11) is 0. The van der Waals surface area contributed by atoms with Crippen LogP contribution in [-0.4, -0.2) is 33.5 Å². The fourth-order valence-electron chi connectivity index (χ4n) is 7.29. The Bertz CT molecular complexity index is 709. The standard InChI is InChI=1S/C24H36O4/c1-14(4-9-22(27)28)18-7-8-19-17-6-5-15-12-16(25)10-11-23(15,2)20(17)13-21(26)24(18,19)3/h6,8,14-16,18,20-21,25-26H,4-5,7,9-13H2,1-3H3,(H,27,28)/t14-,15-,16-,18-,20+,21+,23+,24-/m1/s1. The molecule has 0 aromatic heterocycles. The van der Waals surface area contributed by atoms with Crippen LogP contribution in [0.2, 0.25) is 0 Å². The summed E-state index contributed by atoms with van der Waals surface area (Å²) in [5.41, 5.74) is 2.70. The number of allylic oxidation sites excluding steroid dienone is 3. The number of fused-ring (bicyclic) bond motifs is 5. The van der Waals surface area contributed by atoms with Crippen LogP contribution in [0.3, 0.4) is 0 Å². The van der Waals surface area contributed by atoms with Crippen LogP contribution in [0.5, 0.6) is 0 Å². The molecule has 0 amide bonds. The molecule has 2 fully saturated rings. The number of carboxylic acids is 1. The lowest BCUT2D eigenvalue weighted by molar-refractivity contribution is -0.137. The average molecular weight is 389 g/mol. The molecule has 0 aromatic carbocycles. The van der Waals surface area contributed by atoms with Crippen LogP contribution in [-0.2, 0) is 4.79 Å². The SMILES string of the molecule is C[C@H](CCC(=O)O)[C@H]1CC=C2C3=CC[C@@H]4C[C@H](O)CC[C@]4(C)[C@H]3C[C@H](O)[C@@]21C.